The number of aryl methyl sites for hydroxylation is 1. The number of halogens is 2. The highest BCUT2D eigenvalue weighted by Gasteiger charge is 2.21. The van der Waals surface area contributed by atoms with Gasteiger partial charge in [0, 0.05) is 10.5 Å². The van der Waals surface area contributed by atoms with E-state index in [0.29, 0.717) is 16.3 Å². The summed E-state index contributed by atoms with van der Waals surface area (Å²) >= 11 is 14.5. The van der Waals surface area contributed by atoms with Gasteiger partial charge in [0.15, 0.2) is 17.0 Å². The molecule has 0 aliphatic carbocycles. The Balaban J connectivity index is 1.92. The van der Waals surface area contributed by atoms with Crippen molar-refractivity contribution in [3.8, 4) is 5.75 Å². The minimum Gasteiger partial charge on any atom is -0.474 e. The number of carbonyl (C=O) groups is 1. The molecule has 0 heterocycles. The van der Waals surface area contributed by atoms with Crippen molar-refractivity contribution in [2.45, 2.75) is 20.0 Å². The summed E-state index contributed by atoms with van der Waals surface area (Å²) in [4.78, 5) is 22.7. The standard InChI is InChI=1S/C17H16BrClN4O4S/c1-9-3-6-15(14(7-9)23(25)26)27-10(2)16(24)21-22-17(28)20-13-5-4-11(18)8-12(13)19/h3-8,10H,1-2H3,(H,21,24)(H2,20,22,28)/t10-/m1/s1. The van der Waals surface area contributed by atoms with Gasteiger partial charge in [0.2, 0.25) is 0 Å². The largest absolute Gasteiger partial charge is 0.474 e. The van der Waals surface area contributed by atoms with Crippen LogP contribution in [0, 0.1) is 17.0 Å². The predicted molar refractivity (Wildman–Crippen MR) is 115 cm³/mol. The van der Waals surface area contributed by atoms with Gasteiger partial charge in [-0.2, -0.15) is 0 Å². The van der Waals surface area contributed by atoms with Crippen molar-refractivity contribution in [2.75, 3.05) is 5.32 Å². The van der Waals surface area contributed by atoms with E-state index in [2.05, 4.69) is 32.1 Å². The van der Waals surface area contributed by atoms with E-state index < -0.39 is 16.9 Å². The van der Waals surface area contributed by atoms with Crippen LogP contribution < -0.4 is 20.9 Å². The summed E-state index contributed by atoms with van der Waals surface area (Å²) in [5, 5.41) is 14.5. The second kappa shape index (κ2) is 9.67. The molecule has 0 saturated heterocycles. The first kappa shape index (κ1) is 21.9. The fourth-order valence-electron chi connectivity index (χ4n) is 2.08. The van der Waals surface area contributed by atoms with Crippen molar-refractivity contribution in [3.63, 3.8) is 0 Å². The number of anilines is 1. The number of hydrogen-bond donors (Lipinski definition) is 3. The molecule has 11 heteroatoms. The fraction of sp³-hybridized carbons (Fsp3) is 0.176. The number of hydrogen-bond acceptors (Lipinski definition) is 5. The van der Waals surface area contributed by atoms with E-state index in [-0.39, 0.29) is 16.5 Å². The van der Waals surface area contributed by atoms with E-state index in [9.17, 15) is 14.9 Å². The quantitative estimate of drug-likeness (QED) is 0.331. The molecule has 0 saturated carbocycles. The summed E-state index contributed by atoms with van der Waals surface area (Å²) < 4.78 is 6.23. The van der Waals surface area contributed by atoms with Crippen LogP contribution in [0.5, 0.6) is 5.75 Å². The van der Waals surface area contributed by atoms with Gasteiger partial charge in [0.1, 0.15) is 0 Å². The first-order valence-corrected chi connectivity index (χ1v) is 9.49. The number of carbonyl (C=O) groups excluding carboxylic acids is 1. The fourth-order valence-corrected chi connectivity index (χ4v) is 2.96. The van der Waals surface area contributed by atoms with Gasteiger partial charge >= 0.3 is 5.69 Å². The van der Waals surface area contributed by atoms with Crippen molar-refractivity contribution in [3.05, 3.63) is 61.6 Å². The molecule has 2 aromatic rings. The van der Waals surface area contributed by atoms with Crippen LogP contribution in [-0.4, -0.2) is 22.0 Å². The van der Waals surface area contributed by atoms with E-state index in [1.54, 1.807) is 31.2 Å². The van der Waals surface area contributed by atoms with Crippen LogP contribution in [0.3, 0.4) is 0 Å². The SMILES string of the molecule is Cc1ccc(O[C@H](C)C(=O)NNC(=S)Nc2ccc(Br)cc2Cl)c([N+](=O)[O-])c1. The minimum atomic E-state index is -1.01. The number of rotatable bonds is 5. The summed E-state index contributed by atoms with van der Waals surface area (Å²) in [7, 11) is 0. The molecule has 0 radical (unpaired) electrons. The van der Waals surface area contributed by atoms with Crippen molar-refractivity contribution < 1.29 is 14.5 Å². The maximum absolute atomic E-state index is 12.2. The van der Waals surface area contributed by atoms with Crippen molar-refractivity contribution in [1.82, 2.24) is 10.9 Å². The third-order valence-electron chi connectivity index (χ3n) is 3.46. The Kier molecular flexibility index (Phi) is 7.55. The molecule has 0 bridgehead atoms. The van der Waals surface area contributed by atoms with Gasteiger partial charge < -0.3 is 10.1 Å². The summed E-state index contributed by atoms with van der Waals surface area (Å²) in [5.41, 5.74) is 5.94. The molecule has 3 N–H and O–H groups in total. The Labute approximate surface area is 179 Å². The normalized spacial score (nSPS) is 11.3. The highest BCUT2D eigenvalue weighted by atomic mass is 79.9. The number of thiocarbonyl (C=S) groups is 1. The number of benzene rings is 2. The monoisotopic (exact) mass is 486 g/mol. The third kappa shape index (κ3) is 6.04. The van der Waals surface area contributed by atoms with Crippen LogP contribution in [0.15, 0.2) is 40.9 Å². The highest BCUT2D eigenvalue weighted by molar-refractivity contribution is 9.10. The number of nitro benzene ring substituents is 1. The molecule has 28 heavy (non-hydrogen) atoms. The summed E-state index contributed by atoms with van der Waals surface area (Å²) in [5.74, 6) is -0.568. The summed E-state index contributed by atoms with van der Waals surface area (Å²) in [6, 6.07) is 9.66. The first-order valence-electron chi connectivity index (χ1n) is 7.91. The van der Waals surface area contributed by atoms with Gasteiger partial charge in [0.05, 0.1) is 15.6 Å². The number of hydrazine groups is 1. The molecule has 0 aliphatic heterocycles. The second-order valence-electron chi connectivity index (χ2n) is 5.68. The van der Waals surface area contributed by atoms with Gasteiger partial charge in [-0.25, -0.2) is 0 Å². The lowest BCUT2D eigenvalue weighted by atomic mass is 10.2. The van der Waals surface area contributed by atoms with Crippen LogP contribution in [0.4, 0.5) is 11.4 Å². The molecule has 0 fully saturated rings. The van der Waals surface area contributed by atoms with Crippen molar-refractivity contribution >= 4 is 62.1 Å². The first-order chi connectivity index (χ1) is 13.2. The zero-order chi connectivity index (χ0) is 20.8. The minimum absolute atomic E-state index is 0.000552. The maximum Gasteiger partial charge on any atom is 0.311 e. The van der Waals surface area contributed by atoms with E-state index in [1.165, 1.54) is 19.1 Å². The number of nitrogens with zero attached hydrogens (tertiary/aromatic N) is 1. The van der Waals surface area contributed by atoms with E-state index in [4.69, 9.17) is 28.6 Å². The second-order valence-corrected chi connectivity index (χ2v) is 7.41. The van der Waals surface area contributed by atoms with Crippen LogP contribution in [-0.2, 0) is 4.79 Å². The number of ether oxygens (including phenoxy) is 1. The van der Waals surface area contributed by atoms with Crippen LogP contribution in [0.25, 0.3) is 0 Å². The molecule has 148 valence electrons. The zero-order valence-corrected chi connectivity index (χ0v) is 17.9. The lowest BCUT2D eigenvalue weighted by molar-refractivity contribution is -0.386. The Bertz CT molecular complexity index is 928. The van der Waals surface area contributed by atoms with Crippen LogP contribution >= 0.6 is 39.7 Å². The molecule has 0 spiro atoms. The summed E-state index contributed by atoms with van der Waals surface area (Å²) in [6.07, 6.45) is -1.01. The average molecular weight is 488 g/mol. The lowest BCUT2D eigenvalue weighted by Gasteiger charge is -2.17. The van der Waals surface area contributed by atoms with Crippen LogP contribution in [0.1, 0.15) is 12.5 Å². The summed E-state index contributed by atoms with van der Waals surface area (Å²) in [6.45, 7) is 3.19. The van der Waals surface area contributed by atoms with Crippen LogP contribution in [0.2, 0.25) is 5.02 Å². The van der Waals surface area contributed by atoms with Gasteiger partial charge in [-0.15, -0.1) is 0 Å². The Morgan fingerprint density at radius 1 is 1.29 bits per heavy atom. The van der Waals surface area contributed by atoms with E-state index in [1.807, 2.05) is 0 Å². The van der Waals surface area contributed by atoms with Crippen molar-refractivity contribution in [2.24, 2.45) is 0 Å². The average Bonchev–Trinajstić information content (AvgIpc) is 2.63. The molecule has 0 aromatic heterocycles. The van der Waals surface area contributed by atoms with Gasteiger partial charge in [0.25, 0.3) is 5.91 Å². The van der Waals surface area contributed by atoms with Crippen molar-refractivity contribution in [1.29, 1.82) is 0 Å². The molecule has 0 unspecified atom stereocenters. The smallest absolute Gasteiger partial charge is 0.311 e. The number of amides is 1. The highest BCUT2D eigenvalue weighted by Crippen LogP contribution is 2.28. The Hall–Kier alpha value is -2.43. The lowest BCUT2D eigenvalue weighted by Crippen LogP contribution is -2.48. The molecular formula is C17H16BrClN4O4S. The number of nitrogens with one attached hydrogen (secondary N) is 3. The molecule has 2 aromatic carbocycles. The zero-order valence-electron chi connectivity index (χ0n) is 14.8. The molecular weight excluding hydrogens is 472 g/mol. The van der Waals surface area contributed by atoms with E-state index >= 15 is 0 Å². The Morgan fingerprint density at radius 3 is 2.64 bits per heavy atom. The molecule has 2 rings (SSSR count). The molecule has 0 aliphatic rings. The maximum atomic E-state index is 12.2. The van der Waals surface area contributed by atoms with Gasteiger partial charge in [-0.1, -0.05) is 33.6 Å². The topological polar surface area (TPSA) is 106 Å². The van der Waals surface area contributed by atoms with E-state index in [0.717, 1.165) is 4.47 Å². The molecule has 1 amide bonds. The predicted octanol–water partition coefficient (Wildman–Crippen LogP) is 4.10. The number of nitro groups is 1. The third-order valence-corrected chi connectivity index (χ3v) is 4.47. The van der Waals surface area contributed by atoms with Gasteiger partial charge in [-0.05, 0) is 55.9 Å². The molecule has 8 nitrogen and oxygen atoms in total. The Morgan fingerprint density at radius 2 is 2.00 bits per heavy atom. The van der Waals surface area contributed by atoms with Gasteiger partial charge in [-0.3, -0.25) is 25.8 Å². The molecule has 1 atom stereocenters.